The van der Waals surface area contributed by atoms with Gasteiger partial charge in [-0.3, -0.25) is 14.3 Å². The van der Waals surface area contributed by atoms with Crippen molar-refractivity contribution < 1.29 is 36.6 Å². The van der Waals surface area contributed by atoms with Gasteiger partial charge in [0.05, 0.1) is 17.1 Å². The Hall–Kier alpha value is -3.98. The zero-order valence-electron chi connectivity index (χ0n) is 18.4. The summed E-state index contributed by atoms with van der Waals surface area (Å²) >= 11 is 0. The molecule has 1 amide bonds. The van der Waals surface area contributed by atoms with Crippen LogP contribution in [-0.2, 0) is 28.5 Å². The number of nitrogens with zero attached hydrogens (tertiary/aromatic N) is 6. The van der Waals surface area contributed by atoms with E-state index in [0.29, 0.717) is 12.8 Å². The van der Waals surface area contributed by atoms with Crippen molar-refractivity contribution in [2.45, 2.75) is 43.2 Å². The summed E-state index contributed by atoms with van der Waals surface area (Å²) in [6, 6.07) is 0. The van der Waals surface area contributed by atoms with Crippen molar-refractivity contribution in [1.82, 2.24) is 29.7 Å². The van der Waals surface area contributed by atoms with E-state index in [4.69, 9.17) is 5.73 Å². The molecule has 4 heterocycles. The second kappa shape index (κ2) is 7.51. The number of aliphatic carboxylic acids is 1. The zero-order valence-corrected chi connectivity index (χ0v) is 18.4. The molecule has 1 aliphatic carbocycles. The second-order valence-electron chi connectivity index (χ2n) is 8.69. The molecule has 0 bridgehead atoms. The van der Waals surface area contributed by atoms with Crippen LogP contribution in [0.4, 0.5) is 33.6 Å². The van der Waals surface area contributed by atoms with Crippen molar-refractivity contribution in [3.63, 3.8) is 0 Å². The maximum absolute atomic E-state index is 13.5. The number of rotatable bonds is 6. The Kier molecular flexibility index (Phi) is 4.95. The van der Waals surface area contributed by atoms with Gasteiger partial charge in [0.15, 0.2) is 16.9 Å². The number of amides is 1. The maximum atomic E-state index is 13.5. The smallest absolute Gasteiger partial charge is 0.453 e. The van der Waals surface area contributed by atoms with Crippen LogP contribution in [0.1, 0.15) is 30.7 Å². The van der Waals surface area contributed by atoms with E-state index in [9.17, 15) is 36.6 Å². The number of carbonyl (C=O) groups excluding carboxylic acids is 1. The highest BCUT2D eigenvalue weighted by Gasteiger charge is 2.64. The normalized spacial score (nSPS) is 20.0. The molecule has 3 aromatic rings. The van der Waals surface area contributed by atoms with E-state index in [2.05, 4.69) is 30.4 Å². The third-order valence-corrected chi connectivity index (χ3v) is 6.38. The van der Waals surface area contributed by atoms with Gasteiger partial charge in [-0.15, -0.1) is 0 Å². The first-order valence-electron chi connectivity index (χ1n) is 10.6. The molecule has 3 aromatic heterocycles. The summed E-state index contributed by atoms with van der Waals surface area (Å²) in [7, 11) is 1.47. The first kappa shape index (κ1) is 23.7. The number of carboxylic acids is 1. The minimum Gasteiger partial charge on any atom is -0.480 e. The summed E-state index contributed by atoms with van der Waals surface area (Å²) in [5, 5.41) is 16.6. The number of nitrogen functional groups attached to an aromatic ring is 1. The van der Waals surface area contributed by atoms with Crippen LogP contribution in [0.2, 0.25) is 0 Å². The number of hydrogen-bond acceptors (Lipinski definition) is 8. The molecule has 4 N–H and O–H groups in total. The molecule has 5 rings (SSSR count). The molecule has 11 nitrogen and oxygen atoms in total. The lowest BCUT2D eigenvalue weighted by Gasteiger charge is -2.22. The van der Waals surface area contributed by atoms with Gasteiger partial charge in [0, 0.05) is 19.9 Å². The summed E-state index contributed by atoms with van der Waals surface area (Å²) in [6.07, 6.45) is -5.86. The SMILES string of the molecule is Cn1ncc2c(-c3nc(N)c4c(n3)NC(=O)C4(C(=O)O)C3CC3)nc(CCC(F)(F)C(F)(F)F)nc21. The van der Waals surface area contributed by atoms with Crippen molar-refractivity contribution >= 4 is 34.5 Å². The molecule has 0 aromatic carbocycles. The van der Waals surface area contributed by atoms with E-state index < -0.39 is 48.1 Å². The largest absolute Gasteiger partial charge is 0.480 e. The van der Waals surface area contributed by atoms with Crippen LogP contribution in [0.5, 0.6) is 0 Å². The number of hydrogen-bond donors (Lipinski definition) is 3. The Labute approximate surface area is 197 Å². The fourth-order valence-corrected chi connectivity index (χ4v) is 4.43. The van der Waals surface area contributed by atoms with E-state index in [1.165, 1.54) is 17.9 Å². The average Bonchev–Trinajstić information content (AvgIpc) is 3.49. The standard InChI is InChI=1S/C20H17F5N8O3/c1-33-15-8(6-27-33)11(28-9(29-15)4-5-18(21,22)20(23,24)25)14-30-12(26)10-13(31-14)32-16(34)19(10,17(35)36)7-2-3-7/h6-7H,2-5H2,1H3,(H,35,36)(H3,26,30,31,32,34). The van der Waals surface area contributed by atoms with E-state index >= 15 is 0 Å². The fourth-order valence-electron chi connectivity index (χ4n) is 4.43. The molecule has 36 heavy (non-hydrogen) atoms. The van der Waals surface area contributed by atoms with Crippen LogP contribution >= 0.6 is 0 Å². The lowest BCUT2D eigenvalue weighted by molar-refractivity contribution is -0.284. The molecule has 1 atom stereocenters. The van der Waals surface area contributed by atoms with Gasteiger partial charge in [-0.25, -0.2) is 19.9 Å². The molecule has 1 saturated carbocycles. The lowest BCUT2D eigenvalue weighted by Crippen LogP contribution is -2.45. The molecule has 1 unspecified atom stereocenters. The predicted molar refractivity (Wildman–Crippen MR) is 112 cm³/mol. The van der Waals surface area contributed by atoms with E-state index in [0.717, 1.165) is 0 Å². The number of carbonyl (C=O) groups is 2. The number of aromatic nitrogens is 6. The second-order valence-corrected chi connectivity index (χ2v) is 8.69. The monoisotopic (exact) mass is 512 g/mol. The van der Waals surface area contributed by atoms with E-state index in [1.807, 2.05) is 0 Å². The van der Waals surface area contributed by atoms with E-state index in [1.54, 1.807) is 0 Å². The molecular formula is C20H17F5N8O3. The van der Waals surface area contributed by atoms with Gasteiger partial charge >= 0.3 is 18.1 Å². The van der Waals surface area contributed by atoms with Crippen molar-refractivity contribution in [3.8, 4) is 11.5 Å². The number of carboxylic acid groups (broad SMARTS) is 1. The Morgan fingerprint density at radius 2 is 1.92 bits per heavy atom. The molecule has 0 radical (unpaired) electrons. The Balaban J connectivity index is 1.62. The summed E-state index contributed by atoms with van der Waals surface area (Å²) in [5.41, 5.74) is 4.11. The van der Waals surface area contributed by atoms with Gasteiger partial charge in [-0.2, -0.15) is 27.1 Å². The highest BCUT2D eigenvalue weighted by molar-refractivity contribution is 6.20. The topological polar surface area (TPSA) is 162 Å². The molecule has 0 saturated heterocycles. The number of alkyl halides is 5. The van der Waals surface area contributed by atoms with Crippen LogP contribution in [0.15, 0.2) is 6.20 Å². The van der Waals surface area contributed by atoms with Crippen molar-refractivity contribution in [1.29, 1.82) is 0 Å². The van der Waals surface area contributed by atoms with Gasteiger partial charge in [0.25, 0.3) is 0 Å². The summed E-state index contributed by atoms with van der Waals surface area (Å²) in [5.74, 6) is -8.66. The molecule has 16 heteroatoms. The number of nitrogens with two attached hydrogens (primary N) is 1. The van der Waals surface area contributed by atoms with Crippen molar-refractivity contribution in [2.24, 2.45) is 13.0 Å². The predicted octanol–water partition coefficient (Wildman–Crippen LogP) is 2.22. The zero-order chi connectivity index (χ0) is 26.2. The minimum absolute atomic E-state index is 0.0761. The van der Waals surface area contributed by atoms with Gasteiger partial charge in [0.2, 0.25) is 5.91 Å². The molecule has 1 aliphatic heterocycles. The van der Waals surface area contributed by atoms with Crippen LogP contribution < -0.4 is 11.1 Å². The summed E-state index contributed by atoms with van der Waals surface area (Å²) in [4.78, 5) is 41.5. The quantitative estimate of drug-likeness (QED) is 0.332. The van der Waals surface area contributed by atoms with Gasteiger partial charge in [0.1, 0.15) is 23.2 Å². The molecular weight excluding hydrogens is 495 g/mol. The highest BCUT2D eigenvalue weighted by Crippen LogP contribution is 2.54. The summed E-state index contributed by atoms with van der Waals surface area (Å²) < 4.78 is 66.1. The van der Waals surface area contributed by atoms with Crippen molar-refractivity contribution in [3.05, 3.63) is 17.6 Å². The van der Waals surface area contributed by atoms with E-state index in [-0.39, 0.29) is 45.6 Å². The van der Waals surface area contributed by atoms with Crippen LogP contribution in [-0.4, -0.2) is 58.8 Å². The third-order valence-electron chi connectivity index (χ3n) is 6.38. The molecule has 2 aliphatic rings. The Morgan fingerprint density at radius 3 is 2.53 bits per heavy atom. The lowest BCUT2D eigenvalue weighted by atomic mass is 9.77. The maximum Gasteiger partial charge on any atom is 0.453 e. The minimum atomic E-state index is -5.74. The van der Waals surface area contributed by atoms with Gasteiger partial charge in [-0.1, -0.05) is 0 Å². The third kappa shape index (κ3) is 3.34. The van der Waals surface area contributed by atoms with Crippen molar-refractivity contribution in [2.75, 3.05) is 11.1 Å². The van der Waals surface area contributed by atoms with Crippen LogP contribution in [0.3, 0.4) is 0 Å². The number of aryl methyl sites for hydroxylation is 2. The molecule has 0 spiro atoms. The first-order valence-corrected chi connectivity index (χ1v) is 10.6. The van der Waals surface area contributed by atoms with Crippen LogP contribution in [0, 0.1) is 5.92 Å². The number of fused-ring (bicyclic) bond motifs is 2. The molecule has 1 fully saturated rings. The average molecular weight is 512 g/mol. The first-order chi connectivity index (χ1) is 16.8. The molecule has 190 valence electrons. The van der Waals surface area contributed by atoms with Gasteiger partial charge < -0.3 is 16.2 Å². The van der Waals surface area contributed by atoms with Crippen LogP contribution in [0.25, 0.3) is 22.6 Å². The number of halogens is 5. The Morgan fingerprint density at radius 1 is 1.22 bits per heavy atom. The number of anilines is 2. The Bertz CT molecular complexity index is 1430. The highest BCUT2D eigenvalue weighted by atomic mass is 19.4. The number of nitrogens with one attached hydrogen (secondary N) is 1. The fraction of sp³-hybridized carbons (Fsp3) is 0.450. The van der Waals surface area contributed by atoms with Gasteiger partial charge in [-0.05, 0) is 18.8 Å². The summed E-state index contributed by atoms with van der Waals surface area (Å²) in [6.45, 7) is 0.